The smallest absolute Gasteiger partial charge is 0.129 e. The molecule has 2 atom stereocenters. The Morgan fingerprint density at radius 3 is 2.88 bits per heavy atom. The Kier molecular flexibility index (Phi) is 3.92. The summed E-state index contributed by atoms with van der Waals surface area (Å²) in [5, 5.41) is 0. The summed E-state index contributed by atoms with van der Waals surface area (Å²) in [7, 11) is 0. The maximum atomic E-state index is 13.4. The van der Waals surface area contributed by atoms with Crippen LogP contribution in [0.4, 0.5) is 8.78 Å². The zero-order chi connectivity index (χ0) is 11.5. The van der Waals surface area contributed by atoms with Crippen molar-refractivity contribution in [3.63, 3.8) is 0 Å². The first-order chi connectivity index (χ1) is 7.66. The molecule has 1 aromatic rings. The lowest BCUT2D eigenvalue weighted by Crippen LogP contribution is -2.17. The summed E-state index contributed by atoms with van der Waals surface area (Å²) >= 11 is 3.55. The van der Waals surface area contributed by atoms with E-state index in [1.807, 2.05) is 0 Å². The van der Waals surface area contributed by atoms with Crippen LogP contribution in [0, 0.1) is 17.6 Å². The van der Waals surface area contributed by atoms with Crippen LogP contribution in [0.1, 0.15) is 12.0 Å². The second kappa shape index (κ2) is 5.23. The lowest BCUT2D eigenvalue weighted by Gasteiger charge is -2.16. The highest BCUT2D eigenvalue weighted by atomic mass is 79.9. The highest BCUT2D eigenvalue weighted by molar-refractivity contribution is 9.09. The fraction of sp³-hybridized carbons (Fsp3) is 0.500. The molecule has 1 saturated heterocycles. The fourth-order valence-corrected chi connectivity index (χ4v) is 2.67. The Bertz CT molecular complexity index is 364. The van der Waals surface area contributed by atoms with Crippen molar-refractivity contribution < 1.29 is 13.5 Å². The van der Waals surface area contributed by atoms with Gasteiger partial charge in [-0.05, 0) is 30.4 Å². The molecule has 1 fully saturated rings. The van der Waals surface area contributed by atoms with Gasteiger partial charge in [0.25, 0.3) is 0 Å². The molecule has 0 N–H and O–H groups in total. The number of hydrogen-bond donors (Lipinski definition) is 0. The van der Waals surface area contributed by atoms with Gasteiger partial charge in [0, 0.05) is 17.5 Å². The first-order valence-electron chi connectivity index (χ1n) is 5.32. The molecule has 0 aromatic heterocycles. The van der Waals surface area contributed by atoms with E-state index in [2.05, 4.69) is 15.9 Å². The third-order valence-electron chi connectivity index (χ3n) is 2.91. The van der Waals surface area contributed by atoms with Crippen LogP contribution in [-0.4, -0.2) is 18.0 Å². The van der Waals surface area contributed by atoms with E-state index >= 15 is 0 Å². The average molecular weight is 291 g/mol. The van der Waals surface area contributed by atoms with E-state index in [1.54, 1.807) is 0 Å². The molecule has 1 aliphatic rings. The minimum absolute atomic E-state index is 0.190. The molecule has 0 aliphatic carbocycles. The fourth-order valence-electron chi connectivity index (χ4n) is 1.90. The van der Waals surface area contributed by atoms with E-state index in [0.717, 1.165) is 25.7 Å². The lowest BCUT2D eigenvalue weighted by atomic mass is 9.98. The van der Waals surface area contributed by atoms with Gasteiger partial charge in [-0.3, -0.25) is 0 Å². The molecule has 88 valence electrons. The Morgan fingerprint density at radius 2 is 2.25 bits per heavy atom. The summed E-state index contributed by atoms with van der Waals surface area (Å²) in [5.41, 5.74) is 0.551. The van der Waals surface area contributed by atoms with Crippen molar-refractivity contribution in [1.82, 2.24) is 0 Å². The molecular formula is C12H13BrF2O. The van der Waals surface area contributed by atoms with Crippen molar-refractivity contribution in [3.8, 4) is 0 Å². The average Bonchev–Trinajstić information content (AvgIpc) is 2.75. The monoisotopic (exact) mass is 290 g/mol. The predicted molar refractivity (Wildman–Crippen MR) is 61.7 cm³/mol. The number of halogens is 3. The van der Waals surface area contributed by atoms with Gasteiger partial charge in [0.2, 0.25) is 0 Å². The van der Waals surface area contributed by atoms with Gasteiger partial charge in [0.05, 0.1) is 6.61 Å². The van der Waals surface area contributed by atoms with Crippen LogP contribution in [-0.2, 0) is 11.2 Å². The number of alkyl halides is 1. The van der Waals surface area contributed by atoms with E-state index in [-0.39, 0.29) is 4.83 Å². The van der Waals surface area contributed by atoms with Gasteiger partial charge in [0.1, 0.15) is 11.6 Å². The topological polar surface area (TPSA) is 9.23 Å². The normalized spacial score (nSPS) is 22.3. The van der Waals surface area contributed by atoms with Gasteiger partial charge >= 0.3 is 0 Å². The molecule has 1 heterocycles. The van der Waals surface area contributed by atoms with Gasteiger partial charge in [0.15, 0.2) is 0 Å². The zero-order valence-electron chi connectivity index (χ0n) is 8.76. The predicted octanol–water partition coefficient (Wildman–Crippen LogP) is 3.31. The molecule has 1 aliphatic heterocycles. The van der Waals surface area contributed by atoms with Crippen molar-refractivity contribution >= 4 is 15.9 Å². The Morgan fingerprint density at radius 1 is 1.44 bits per heavy atom. The van der Waals surface area contributed by atoms with Crippen LogP contribution in [0.3, 0.4) is 0 Å². The minimum Gasteiger partial charge on any atom is -0.381 e. The van der Waals surface area contributed by atoms with Crippen LogP contribution in [0.2, 0.25) is 0 Å². The number of hydrogen-bond acceptors (Lipinski definition) is 1. The zero-order valence-corrected chi connectivity index (χ0v) is 10.3. The van der Waals surface area contributed by atoms with E-state index in [0.29, 0.717) is 17.9 Å². The first-order valence-corrected chi connectivity index (χ1v) is 6.24. The maximum absolute atomic E-state index is 13.4. The third kappa shape index (κ3) is 2.80. The number of ether oxygens (including phenoxy) is 1. The highest BCUT2D eigenvalue weighted by Crippen LogP contribution is 2.26. The van der Waals surface area contributed by atoms with Crippen molar-refractivity contribution in [1.29, 1.82) is 0 Å². The van der Waals surface area contributed by atoms with E-state index in [9.17, 15) is 8.78 Å². The van der Waals surface area contributed by atoms with Gasteiger partial charge in [-0.25, -0.2) is 8.78 Å². The molecule has 2 unspecified atom stereocenters. The van der Waals surface area contributed by atoms with Crippen molar-refractivity contribution in [2.75, 3.05) is 13.2 Å². The third-order valence-corrected chi connectivity index (χ3v) is 3.98. The molecule has 0 radical (unpaired) electrons. The summed E-state index contributed by atoms with van der Waals surface area (Å²) in [5.74, 6) is -0.579. The Hall–Kier alpha value is -0.480. The number of benzene rings is 1. The molecule has 16 heavy (non-hydrogen) atoms. The minimum atomic E-state index is -0.531. The van der Waals surface area contributed by atoms with Crippen LogP contribution >= 0.6 is 15.9 Å². The summed E-state index contributed by atoms with van der Waals surface area (Å²) in [6, 6.07) is 3.73. The molecule has 0 bridgehead atoms. The van der Waals surface area contributed by atoms with Crippen LogP contribution in [0.25, 0.3) is 0 Å². The van der Waals surface area contributed by atoms with Gasteiger partial charge in [-0.1, -0.05) is 22.0 Å². The summed E-state index contributed by atoms with van der Waals surface area (Å²) < 4.78 is 31.4. The first kappa shape index (κ1) is 12.0. The highest BCUT2D eigenvalue weighted by Gasteiger charge is 2.24. The molecule has 0 amide bonds. The van der Waals surface area contributed by atoms with E-state index in [4.69, 9.17) is 4.74 Å². The lowest BCUT2D eigenvalue weighted by molar-refractivity contribution is 0.185. The van der Waals surface area contributed by atoms with Crippen molar-refractivity contribution in [3.05, 3.63) is 35.4 Å². The van der Waals surface area contributed by atoms with E-state index < -0.39 is 11.6 Å². The standard InChI is InChI=1S/C12H13BrF2O/c13-11(9-3-4-16-7-9)5-8-1-2-10(14)6-12(8)15/h1-2,6,9,11H,3-5,7H2. The van der Waals surface area contributed by atoms with Crippen molar-refractivity contribution in [2.45, 2.75) is 17.7 Å². The molecule has 0 saturated carbocycles. The summed E-state index contributed by atoms with van der Waals surface area (Å²) in [6.07, 6.45) is 1.57. The molecular weight excluding hydrogens is 278 g/mol. The Labute approximate surface area is 102 Å². The molecule has 0 spiro atoms. The maximum Gasteiger partial charge on any atom is 0.129 e. The summed E-state index contributed by atoms with van der Waals surface area (Å²) in [6.45, 7) is 1.50. The second-order valence-corrected chi connectivity index (χ2v) is 5.26. The molecule has 4 heteroatoms. The molecule has 1 nitrogen and oxygen atoms in total. The molecule has 1 aromatic carbocycles. The van der Waals surface area contributed by atoms with Crippen LogP contribution in [0.15, 0.2) is 18.2 Å². The number of rotatable bonds is 3. The van der Waals surface area contributed by atoms with E-state index in [1.165, 1.54) is 12.1 Å². The Balaban J connectivity index is 2.02. The van der Waals surface area contributed by atoms with Gasteiger partial charge in [-0.15, -0.1) is 0 Å². The largest absolute Gasteiger partial charge is 0.381 e. The quantitative estimate of drug-likeness (QED) is 0.776. The summed E-state index contributed by atoms with van der Waals surface area (Å²) in [4.78, 5) is 0.190. The van der Waals surface area contributed by atoms with Crippen LogP contribution < -0.4 is 0 Å². The molecule has 2 rings (SSSR count). The van der Waals surface area contributed by atoms with Gasteiger partial charge in [-0.2, -0.15) is 0 Å². The van der Waals surface area contributed by atoms with Crippen molar-refractivity contribution in [2.24, 2.45) is 5.92 Å². The SMILES string of the molecule is Fc1ccc(CC(Br)C2CCOC2)c(F)c1. The van der Waals surface area contributed by atoms with Crippen LogP contribution in [0.5, 0.6) is 0 Å². The van der Waals surface area contributed by atoms with Gasteiger partial charge < -0.3 is 4.74 Å². The second-order valence-electron chi connectivity index (χ2n) is 4.08.